The summed E-state index contributed by atoms with van der Waals surface area (Å²) in [7, 11) is 0. The third-order valence-electron chi connectivity index (χ3n) is 4.48. The minimum Gasteiger partial charge on any atom is -0.381 e. The van der Waals surface area contributed by atoms with Crippen molar-refractivity contribution in [3.05, 3.63) is 34.1 Å². The molecule has 2 aliphatic heterocycles. The number of hydrogen-bond donors (Lipinski definition) is 1. The van der Waals surface area contributed by atoms with Crippen LogP contribution in [0.1, 0.15) is 24.4 Å². The minimum atomic E-state index is -0.161. The van der Waals surface area contributed by atoms with Crippen LogP contribution < -0.4 is 5.32 Å². The molecule has 0 saturated carbocycles. The molecule has 3 nitrogen and oxygen atoms in total. The number of rotatable bonds is 3. The van der Waals surface area contributed by atoms with E-state index in [0.717, 1.165) is 62.3 Å². The Kier molecular flexibility index (Phi) is 5.27. The van der Waals surface area contributed by atoms with Crippen molar-refractivity contribution in [3.63, 3.8) is 0 Å². The van der Waals surface area contributed by atoms with E-state index in [2.05, 4.69) is 32.2 Å². The van der Waals surface area contributed by atoms with Gasteiger partial charge in [0.2, 0.25) is 0 Å². The molecule has 0 unspecified atom stereocenters. The molecule has 0 aromatic heterocycles. The van der Waals surface area contributed by atoms with E-state index in [0.29, 0.717) is 12.0 Å². The van der Waals surface area contributed by atoms with Crippen LogP contribution in [0.5, 0.6) is 0 Å². The fourth-order valence-electron chi connectivity index (χ4n) is 3.52. The van der Waals surface area contributed by atoms with Gasteiger partial charge in [-0.1, -0.05) is 15.9 Å². The first-order valence-electron chi connectivity index (χ1n) is 7.72. The Morgan fingerprint density at radius 3 is 2.57 bits per heavy atom. The highest BCUT2D eigenvalue weighted by molar-refractivity contribution is 9.10. The molecule has 2 saturated heterocycles. The zero-order valence-corrected chi connectivity index (χ0v) is 13.7. The maximum Gasteiger partial charge on any atom is 0.124 e. The quantitative estimate of drug-likeness (QED) is 0.900. The molecule has 2 fully saturated rings. The van der Waals surface area contributed by atoms with Gasteiger partial charge in [0.05, 0.1) is 0 Å². The van der Waals surface area contributed by atoms with Crippen molar-refractivity contribution < 1.29 is 9.13 Å². The Morgan fingerprint density at radius 2 is 1.90 bits per heavy atom. The van der Waals surface area contributed by atoms with Gasteiger partial charge in [-0.25, -0.2) is 4.39 Å². The lowest BCUT2D eigenvalue weighted by atomic mass is 9.85. The maximum atomic E-state index is 13.8. The summed E-state index contributed by atoms with van der Waals surface area (Å²) in [6.07, 6.45) is 2.12. The molecule has 1 aromatic rings. The van der Waals surface area contributed by atoms with E-state index in [9.17, 15) is 4.39 Å². The fraction of sp³-hybridized carbons (Fsp3) is 0.625. The van der Waals surface area contributed by atoms with Crippen molar-refractivity contribution in [2.45, 2.75) is 18.9 Å². The topological polar surface area (TPSA) is 24.5 Å². The number of nitrogens with one attached hydrogen (secondary N) is 1. The number of piperazine rings is 1. The molecule has 0 amide bonds. The van der Waals surface area contributed by atoms with Crippen LogP contribution in [0.15, 0.2) is 22.7 Å². The molecule has 3 rings (SSSR count). The number of halogens is 2. The Morgan fingerprint density at radius 1 is 1.19 bits per heavy atom. The Balaban J connectivity index is 1.89. The van der Waals surface area contributed by atoms with Gasteiger partial charge in [0.1, 0.15) is 5.82 Å². The van der Waals surface area contributed by atoms with Gasteiger partial charge in [-0.3, -0.25) is 4.90 Å². The normalized spacial score (nSPS) is 23.1. The molecule has 1 aromatic carbocycles. The summed E-state index contributed by atoms with van der Waals surface area (Å²) in [4.78, 5) is 2.51. The maximum absolute atomic E-state index is 13.8. The van der Waals surface area contributed by atoms with Crippen molar-refractivity contribution in [3.8, 4) is 0 Å². The molecule has 1 atom stereocenters. The van der Waals surface area contributed by atoms with Gasteiger partial charge >= 0.3 is 0 Å². The standard InChI is InChI=1S/C16H22BrFN2O/c17-14-9-13(10-15(18)11-14)16(12-1-7-21-8-2-12)20-5-3-19-4-6-20/h9-12,16,19H,1-8H2/t16-/m1/s1. The molecular formula is C16H22BrFN2O. The highest BCUT2D eigenvalue weighted by Crippen LogP contribution is 2.36. The van der Waals surface area contributed by atoms with Crippen molar-refractivity contribution in [1.82, 2.24) is 10.2 Å². The summed E-state index contributed by atoms with van der Waals surface area (Å²) in [6, 6.07) is 5.60. The number of nitrogens with zero attached hydrogens (tertiary/aromatic N) is 1. The van der Waals surface area contributed by atoms with Gasteiger partial charge in [-0.2, -0.15) is 0 Å². The molecular weight excluding hydrogens is 335 g/mol. The van der Waals surface area contributed by atoms with Crippen LogP contribution in [0, 0.1) is 11.7 Å². The Labute approximate surface area is 134 Å². The first-order chi connectivity index (χ1) is 10.2. The molecule has 0 radical (unpaired) electrons. The molecule has 21 heavy (non-hydrogen) atoms. The molecule has 0 spiro atoms. The van der Waals surface area contributed by atoms with Gasteiger partial charge in [0.15, 0.2) is 0 Å². The zero-order chi connectivity index (χ0) is 14.7. The van der Waals surface area contributed by atoms with Crippen LogP contribution in [0.3, 0.4) is 0 Å². The van der Waals surface area contributed by atoms with E-state index in [1.165, 1.54) is 6.07 Å². The Hall–Kier alpha value is -0.490. The molecule has 1 N–H and O–H groups in total. The lowest BCUT2D eigenvalue weighted by Crippen LogP contribution is -2.47. The number of ether oxygens (including phenoxy) is 1. The summed E-state index contributed by atoms with van der Waals surface area (Å²) >= 11 is 3.43. The summed E-state index contributed by atoms with van der Waals surface area (Å²) in [5.41, 5.74) is 1.09. The first-order valence-corrected chi connectivity index (χ1v) is 8.52. The second-order valence-corrected chi connectivity index (χ2v) is 6.80. The van der Waals surface area contributed by atoms with E-state index < -0.39 is 0 Å². The third kappa shape index (κ3) is 3.83. The van der Waals surface area contributed by atoms with E-state index in [1.807, 2.05) is 0 Å². The van der Waals surface area contributed by atoms with Gasteiger partial charge in [0.25, 0.3) is 0 Å². The predicted molar refractivity (Wildman–Crippen MR) is 84.8 cm³/mol. The van der Waals surface area contributed by atoms with Crippen LogP contribution in [-0.4, -0.2) is 44.3 Å². The van der Waals surface area contributed by atoms with Gasteiger partial charge in [-0.05, 0) is 42.5 Å². The van der Waals surface area contributed by atoms with Crippen molar-refractivity contribution in [1.29, 1.82) is 0 Å². The average molecular weight is 357 g/mol. The van der Waals surface area contributed by atoms with E-state index >= 15 is 0 Å². The Bertz CT molecular complexity index is 435. The highest BCUT2D eigenvalue weighted by atomic mass is 79.9. The number of hydrogen-bond acceptors (Lipinski definition) is 3. The molecule has 5 heteroatoms. The van der Waals surface area contributed by atoms with Crippen LogP contribution in [0.25, 0.3) is 0 Å². The predicted octanol–water partition coefficient (Wildman–Crippen LogP) is 2.96. The number of benzene rings is 1. The van der Waals surface area contributed by atoms with Crippen LogP contribution in [0.4, 0.5) is 4.39 Å². The van der Waals surface area contributed by atoms with Gasteiger partial charge in [-0.15, -0.1) is 0 Å². The second kappa shape index (κ2) is 7.18. The van der Waals surface area contributed by atoms with Crippen LogP contribution in [-0.2, 0) is 4.74 Å². The highest BCUT2D eigenvalue weighted by Gasteiger charge is 2.31. The second-order valence-electron chi connectivity index (χ2n) is 5.88. The molecule has 0 bridgehead atoms. The lowest BCUT2D eigenvalue weighted by molar-refractivity contribution is 0.0212. The average Bonchev–Trinajstić information content (AvgIpc) is 2.49. The van der Waals surface area contributed by atoms with Crippen LogP contribution >= 0.6 is 15.9 Å². The fourth-order valence-corrected chi connectivity index (χ4v) is 4.00. The smallest absolute Gasteiger partial charge is 0.124 e. The summed E-state index contributed by atoms with van der Waals surface area (Å²) in [5.74, 6) is 0.386. The van der Waals surface area contributed by atoms with Crippen molar-refractivity contribution in [2.75, 3.05) is 39.4 Å². The molecule has 2 heterocycles. The third-order valence-corrected chi connectivity index (χ3v) is 4.94. The van der Waals surface area contributed by atoms with Crippen LogP contribution in [0.2, 0.25) is 0 Å². The largest absolute Gasteiger partial charge is 0.381 e. The van der Waals surface area contributed by atoms with Gasteiger partial charge < -0.3 is 10.1 Å². The zero-order valence-electron chi connectivity index (χ0n) is 12.2. The van der Waals surface area contributed by atoms with Crippen molar-refractivity contribution >= 4 is 15.9 Å². The summed E-state index contributed by atoms with van der Waals surface area (Å²) in [6.45, 7) is 5.71. The van der Waals surface area contributed by atoms with E-state index in [4.69, 9.17) is 4.74 Å². The van der Waals surface area contributed by atoms with Crippen molar-refractivity contribution in [2.24, 2.45) is 5.92 Å². The van der Waals surface area contributed by atoms with E-state index in [-0.39, 0.29) is 5.82 Å². The monoisotopic (exact) mass is 356 g/mol. The first kappa shape index (κ1) is 15.4. The summed E-state index contributed by atoms with van der Waals surface area (Å²) in [5, 5.41) is 3.40. The van der Waals surface area contributed by atoms with Gasteiger partial charge in [0, 0.05) is 49.9 Å². The summed E-state index contributed by atoms with van der Waals surface area (Å²) < 4.78 is 20.2. The van der Waals surface area contributed by atoms with E-state index in [1.54, 1.807) is 6.07 Å². The molecule has 116 valence electrons. The minimum absolute atomic E-state index is 0.161. The SMILES string of the molecule is Fc1cc(Br)cc([C@@H](C2CCOCC2)N2CCNCC2)c1. The molecule has 2 aliphatic rings. The molecule has 0 aliphatic carbocycles. The lowest BCUT2D eigenvalue weighted by Gasteiger charge is -2.41.